The Morgan fingerprint density at radius 2 is 1.58 bits per heavy atom. The molecule has 3 rings (SSSR count). The monoisotopic (exact) mass is 539 g/mol. The molecule has 0 unspecified atom stereocenters. The van der Waals surface area contributed by atoms with Crippen molar-refractivity contribution in [2.24, 2.45) is 4.99 Å². The topological polar surface area (TPSA) is 42.9 Å². The van der Waals surface area contributed by atoms with Crippen LogP contribution in [0.4, 0.5) is 4.39 Å². The summed E-state index contributed by atoms with van der Waals surface area (Å²) in [6.45, 7) is 9.72. The molecule has 2 aromatic carbocycles. The molecule has 0 saturated carbocycles. The van der Waals surface area contributed by atoms with E-state index in [1.807, 2.05) is 6.92 Å². The zero-order valence-electron chi connectivity index (χ0n) is 18.6. The van der Waals surface area contributed by atoms with Gasteiger partial charge in [-0.2, -0.15) is 0 Å². The predicted molar refractivity (Wildman–Crippen MR) is 137 cm³/mol. The molecule has 1 heterocycles. The first-order valence-electron chi connectivity index (χ1n) is 10.9. The molecule has 0 bridgehead atoms. The molecule has 0 amide bonds. The summed E-state index contributed by atoms with van der Waals surface area (Å²) in [5, 5.41) is 6.65. The number of nitrogens with one attached hydrogen (secondary N) is 2. The molecule has 1 aliphatic rings. The molecule has 0 aromatic heterocycles. The van der Waals surface area contributed by atoms with E-state index in [1.165, 1.54) is 42.8 Å². The Morgan fingerprint density at radius 3 is 2.29 bits per heavy atom. The minimum absolute atomic E-state index is 0. The summed E-state index contributed by atoms with van der Waals surface area (Å²) >= 11 is 0. The first-order chi connectivity index (χ1) is 14.6. The van der Waals surface area contributed by atoms with Crippen LogP contribution in [-0.4, -0.2) is 55.5 Å². The molecular formula is C24H35FIN5. The number of aliphatic imine (C=N–C) groups is 1. The van der Waals surface area contributed by atoms with Gasteiger partial charge < -0.3 is 15.5 Å². The first-order valence-corrected chi connectivity index (χ1v) is 10.9. The van der Waals surface area contributed by atoms with Crippen molar-refractivity contribution < 1.29 is 4.39 Å². The minimum atomic E-state index is -0.223. The molecular weight excluding hydrogens is 504 g/mol. The van der Waals surface area contributed by atoms with Crippen molar-refractivity contribution in [1.82, 2.24) is 20.4 Å². The van der Waals surface area contributed by atoms with Crippen LogP contribution in [0.3, 0.4) is 0 Å². The summed E-state index contributed by atoms with van der Waals surface area (Å²) < 4.78 is 13.0. The number of benzene rings is 2. The predicted octanol–water partition coefficient (Wildman–Crippen LogP) is 3.84. The highest BCUT2D eigenvalue weighted by molar-refractivity contribution is 14.0. The average Bonchev–Trinajstić information content (AvgIpc) is 2.96. The summed E-state index contributed by atoms with van der Waals surface area (Å²) in [6.07, 6.45) is 1.24. The second-order valence-electron chi connectivity index (χ2n) is 7.92. The Bertz CT molecular complexity index is 795. The highest BCUT2D eigenvalue weighted by Crippen LogP contribution is 2.10. The van der Waals surface area contributed by atoms with Gasteiger partial charge in [0.25, 0.3) is 0 Å². The lowest BCUT2D eigenvalue weighted by atomic mass is 10.1. The van der Waals surface area contributed by atoms with Gasteiger partial charge in [0.05, 0.1) is 6.54 Å². The van der Waals surface area contributed by atoms with Gasteiger partial charge in [0, 0.05) is 32.7 Å². The summed E-state index contributed by atoms with van der Waals surface area (Å²) in [6, 6.07) is 15.3. The quantitative estimate of drug-likeness (QED) is 0.319. The van der Waals surface area contributed by atoms with Crippen LogP contribution in [0, 0.1) is 5.82 Å². The van der Waals surface area contributed by atoms with Gasteiger partial charge in [-0.1, -0.05) is 36.4 Å². The summed E-state index contributed by atoms with van der Waals surface area (Å²) in [4.78, 5) is 9.55. The summed E-state index contributed by atoms with van der Waals surface area (Å²) in [5.41, 5.74) is 3.57. The molecule has 0 aliphatic carbocycles. The maximum absolute atomic E-state index is 13.0. The van der Waals surface area contributed by atoms with E-state index in [-0.39, 0.29) is 29.8 Å². The number of hydrogen-bond donors (Lipinski definition) is 2. The maximum atomic E-state index is 13.0. The Hall–Kier alpha value is -1.71. The Labute approximate surface area is 203 Å². The van der Waals surface area contributed by atoms with Crippen molar-refractivity contribution in [3.63, 3.8) is 0 Å². The van der Waals surface area contributed by atoms with E-state index in [4.69, 9.17) is 0 Å². The van der Waals surface area contributed by atoms with Crippen molar-refractivity contribution in [3.8, 4) is 0 Å². The van der Waals surface area contributed by atoms with Gasteiger partial charge in [0.1, 0.15) is 5.82 Å². The summed E-state index contributed by atoms with van der Waals surface area (Å²) in [7, 11) is 2.20. The highest BCUT2D eigenvalue weighted by atomic mass is 127. The fourth-order valence-corrected chi connectivity index (χ4v) is 3.57. The number of rotatable bonds is 7. The van der Waals surface area contributed by atoms with Crippen LogP contribution in [-0.2, 0) is 19.6 Å². The van der Waals surface area contributed by atoms with Crippen LogP contribution >= 0.6 is 24.0 Å². The van der Waals surface area contributed by atoms with Gasteiger partial charge in [-0.15, -0.1) is 24.0 Å². The lowest BCUT2D eigenvalue weighted by Gasteiger charge is -2.20. The van der Waals surface area contributed by atoms with Gasteiger partial charge in [-0.25, -0.2) is 9.38 Å². The van der Waals surface area contributed by atoms with Crippen molar-refractivity contribution in [2.45, 2.75) is 33.0 Å². The number of halogens is 2. The van der Waals surface area contributed by atoms with Gasteiger partial charge in [-0.3, -0.25) is 4.90 Å². The van der Waals surface area contributed by atoms with Crippen molar-refractivity contribution in [1.29, 1.82) is 0 Å². The van der Waals surface area contributed by atoms with E-state index in [0.29, 0.717) is 13.1 Å². The first kappa shape index (κ1) is 25.5. The molecule has 7 heteroatoms. The van der Waals surface area contributed by atoms with Crippen LogP contribution < -0.4 is 10.6 Å². The van der Waals surface area contributed by atoms with E-state index in [9.17, 15) is 4.39 Å². The normalized spacial score (nSPS) is 15.8. The zero-order chi connectivity index (χ0) is 21.2. The van der Waals surface area contributed by atoms with E-state index in [0.717, 1.165) is 37.7 Å². The molecule has 0 spiro atoms. The van der Waals surface area contributed by atoms with Crippen molar-refractivity contribution >= 4 is 29.9 Å². The van der Waals surface area contributed by atoms with Crippen molar-refractivity contribution in [2.75, 3.05) is 39.8 Å². The second kappa shape index (κ2) is 13.6. The van der Waals surface area contributed by atoms with Crippen LogP contribution in [0.15, 0.2) is 53.5 Å². The van der Waals surface area contributed by atoms with Gasteiger partial charge in [-0.05, 0) is 62.3 Å². The van der Waals surface area contributed by atoms with Gasteiger partial charge in [0.2, 0.25) is 0 Å². The van der Waals surface area contributed by atoms with Crippen LogP contribution in [0.2, 0.25) is 0 Å². The molecule has 1 aliphatic heterocycles. The van der Waals surface area contributed by atoms with E-state index >= 15 is 0 Å². The van der Waals surface area contributed by atoms with E-state index in [2.05, 4.69) is 56.7 Å². The fraction of sp³-hybridized carbons (Fsp3) is 0.458. The van der Waals surface area contributed by atoms with Crippen LogP contribution in [0.5, 0.6) is 0 Å². The third-order valence-electron chi connectivity index (χ3n) is 5.38. The number of nitrogens with zero attached hydrogens (tertiary/aromatic N) is 3. The third-order valence-corrected chi connectivity index (χ3v) is 5.38. The zero-order valence-corrected chi connectivity index (χ0v) is 20.9. The molecule has 31 heavy (non-hydrogen) atoms. The number of likely N-dealkylation sites (N-methyl/N-ethyl adjacent to an activating group) is 1. The molecule has 0 atom stereocenters. The number of guanidine groups is 1. The standard InChI is InChI=1S/C24H34FN5.HI/c1-3-26-24(28-18-21-9-11-23(25)12-10-21)27-17-20-5-7-22(8-6-20)19-30-14-4-13-29(2)15-16-30;/h5-12H,3-4,13-19H2,1-2H3,(H2,26,27,28);1H. The third kappa shape index (κ3) is 9.13. The molecule has 1 fully saturated rings. The Morgan fingerprint density at radius 1 is 0.903 bits per heavy atom. The fourth-order valence-electron chi connectivity index (χ4n) is 3.57. The summed E-state index contributed by atoms with van der Waals surface area (Å²) in [5.74, 6) is 0.541. The SMILES string of the molecule is CCNC(=NCc1ccc(F)cc1)NCc1ccc(CN2CCCN(C)CC2)cc1.I. The Kier molecular flexibility index (Phi) is 11.2. The van der Waals surface area contributed by atoms with E-state index in [1.54, 1.807) is 12.1 Å². The van der Waals surface area contributed by atoms with Crippen molar-refractivity contribution in [3.05, 3.63) is 71.0 Å². The molecule has 2 aromatic rings. The average molecular weight is 539 g/mol. The Balaban J connectivity index is 0.00000341. The molecule has 2 N–H and O–H groups in total. The lowest BCUT2D eigenvalue weighted by molar-refractivity contribution is 0.269. The molecule has 1 saturated heterocycles. The van der Waals surface area contributed by atoms with Gasteiger partial charge >= 0.3 is 0 Å². The van der Waals surface area contributed by atoms with Crippen LogP contribution in [0.1, 0.15) is 30.0 Å². The lowest BCUT2D eigenvalue weighted by Crippen LogP contribution is -2.36. The highest BCUT2D eigenvalue weighted by Gasteiger charge is 2.12. The largest absolute Gasteiger partial charge is 0.357 e. The molecule has 5 nitrogen and oxygen atoms in total. The van der Waals surface area contributed by atoms with E-state index < -0.39 is 0 Å². The molecule has 0 radical (unpaired) electrons. The van der Waals surface area contributed by atoms with Crippen LogP contribution in [0.25, 0.3) is 0 Å². The number of hydrogen-bond acceptors (Lipinski definition) is 3. The molecule has 170 valence electrons. The van der Waals surface area contributed by atoms with Gasteiger partial charge in [0.15, 0.2) is 5.96 Å². The maximum Gasteiger partial charge on any atom is 0.191 e. The minimum Gasteiger partial charge on any atom is -0.357 e. The second-order valence-corrected chi connectivity index (χ2v) is 7.92. The smallest absolute Gasteiger partial charge is 0.191 e.